The third-order valence-corrected chi connectivity index (χ3v) is 4.55. The Bertz CT molecular complexity index is 442. The van der Waals surface area contributed by atoms with Gasteiger partial charge < -0.3 is 16.0 Å². The summed E-state index contributed by atoms with van der Waals surface area (Å²) in [5, 5.41) is 3.29. The van der Waals surface area contributed by atoms with Crippen molar-refractivity contribution in [1.29, 1.82) is 0 Å². The van der Waals surface area contributed by atoms with Gasteiger partial charge in [-0.2, -0.15) is 9.97 Å². The zero-order valence-corrected chi connectivity index (χ0v) is 12.9. The predicted octanol–water partition coefficient (Wildman–Crippen LogP) is 2.90. The Kier molecular flexibility index (Phi) is 4.68. The maximum atomic E-state index is 5.84. The largest absolute Gasteiger partial charge is 0.370 e. The van der Waals surface area contributed by atoms with Crippen LogP contribution in [-0.4, -0.2) is 29.6 Å². The fraction of sp³-hybridized carbons (Fsp3) is 0.733. The van der Waals surface area contributed by atoms with Crippen molar-refractivity contribution in [3.63, 3.8) is 0 Å². The molecule has 0 amide bonds. The summed E-state index contributed by atoms with van der Waals surface area (Å²) in [7, 11) is 0. The van der Waals surface area contributed by atoms with E-state index in [-0.39, 0.29) is 0 Å². The first-order chi connectivity index (χ1) is 9.62. The van der Waals surface area contributed by atoms with Crippen LogP contribution < -0.4 is 16.0 Å². The highest BCUT2D eigenvalue weighted by Crippen LogP contribution is 2.38. The Morgan fingerprint density at radius 3 is 2.65 bits per heavy atom. The molecule has 1 aliphatic rings. The van der Waals surface area contributed by atoms with Crippen LogP contribution in [-0.2, 0) is 0 Å². The Hall–Kier alpha value is -1.52. The van der Waals surface area contributed by atoms with E-state index in [1.165, 1.54) is 19.3 Å². The zero-order valence-electron chi connectivity index (χ0n) is 12.9. The number of nitrogens with one attached hydrogen (secondary N) is 1. The highest BCUT2D eigenvalue weighted by Gasteiger charge is 2.35. The van der Waals surface area contributed by atoms with Crippen LogP contribution in [0.15, 0.2) is 6.07 Å². The van der Waals surface area contributed by atoms with Gasteiger partial charge in [0.15, 0.2) is 0 Å². The van der Waals surface area contributed by atoms with Crippen molar-refractivity contribution in [2.45, 2.75) is 46.5 Å². The molecule has 1 aromatic heterocycles. The second-order valence-corrected chi connectivity index (χ2v) is 5.78. The van der Waals surface area contributed by atoms with E-state index in [4.69, 9.17) is 5.73 Å². The molecule has 2 rings (SSSR count). The summed E-state index contributed by atoms with van der Waals surface area (Å²) in [5.74, 6) is 2.14. The molecule has 1 saturated heterocycles. The smallest absolute Gasteiger partial charge is 0.223 e. The molecule has 5 heteroatoms. The lowest BCUT2D eigenvalue weighted by Crippen LogP contribution is -2.27. The highest BCUT2D eigenvalue weighted by atomic mass is 15.2. The molecule has 2 heterocycles. The van der Waals surface area contributed by atoms with Crippen molar-refractivity contribution in [2.24, 2.45) is 5.41 Å². The lowest BCUT2D eigenvalue weighted by molar-refractivity contribution is 0.301. The molecular weight excluding hydrogens is 250 g/mol. The summed E-state index contributed by atoms with van der Waals surface area (Å²) in [6, 6.07) is 2.02. The minimum atomic E-state index is 0.353. The molecule has 112 valence electrons. The Morgan fingerprint density at radius 2 is 2.05 bits per heavy atom. The lowest BCUT2D eigenvalue weighted by Gasteiger charge is -2.26. The van der Waals surface area contributed by atoms with Gasteiger partial charge in [-0.05, 0) is 31.1 Å². The average molecular weight is 277 g/mol. The van der Waals surface area contributed by atoms with Gasteiger partial charge in [0.05, 0.1) is 0 Å². The first-order valence-electron chi connectivity index (χ1n) is 7.76. The van der Waals surface area contributed by atoms with Crippen LogP contribution in [0, 0.1) is 5.41 Å². The van der Waals surface area contributed by atoms with Gasteiger partial charge in [-0.1, -0.05) is 20.8 Å². The van der Waals surface area contributed by atoms with E-state index in [0.29, 0.717) is 11.4 Å². The van der Waals surface area contributed by atoms with Crippen molar-refractivity contribution < 1.29 is 0 Å². The van der Waals surface area contributed by atoms with Crippen LogP contribution in [0.2, 0.25) is 0 Å². The van der Waals surface area contributed by atoms with Crippen LogP contribution in [0.4, 0.5) is 17.6 Å². The van der Waals surface area contributed by atoms with E-state index in [1.54, 1.807) is 0 Å². The van der Waals surface area contributed by atoms with Crippen LogP contribution in [0.25, 0.3) is 0 Å². The van der Waals surface area contributed by atoms with Crippen molar-refractivity contribution in [3.8, 4) is 0 Å². The number of hydrogen-bond acceptors (Lipinski definition) is 5. The van der Waals surface area contributed by atoms with Crippen molar-refractivity contribution >= 4 is 17.6 Å². The van der Waals surface area contributed by atoms with Gasteiger partial charge in [-0.3, -0.25) is 0 Å². The van der Waals surface area contributed by atoms with Crippen LogP contribution in [0.5, 0.6) is 0 Å². The highest BCUT2D eigenvalue weighted by molar-refractivity contribution is 5.53. The zero-order chi connectivity index (χ0) is 14.6. The maximum absolute atomic E-state index is 5.84. The normalized spacial score (nSPS) is 17.4. The average Bonchev–Trinajstić information content (AvgIpc) is 2.90. The fourth-order valence-electron chi connectivity index (χ4n) is 2.92. The summed E-state index contributed by atoms with van der Waals surface area (Å²) in [4.78, 5) is 11.0. The summed E-state index contributed by atoms with van der Waals surface area (Å²) in [6.07, 6.45) is 4.75. The number of rotatable bonds is 6. The van der Waals surface area contributed by atoms with Gasteiger partial charge in [0, 0.05) is 25.7 Å². The minimum Gasteiger partial charge on any atom is -0.370 e. The van der Waals surface area contributed by atoms with E-state index in [9.17, 15) is 0 Å². The molecular formula is C15H27N5. The number of nitrogens with zero attached hydrogens (tertiary/aromatic N) is 3. The lowest BCUT2D eigenvalue weighted by atomic mass is 9.82. The van der Waals surface area contributed by atoms with Gasteiger partial charge in [0.25, 0.3) is 0 Å². The van der Waals surface area contributed by atoms with E-state index < -0.39 is 0 Å². The van der Waals surface area contributed by atoms with E-state index >= 15 is 0 Å². The second-order valence-electron chi connectivity index (χ2n) is 5.78. The van der Waals surface area contributed by atoms with Crippen molar-refractivity contribution in [3.05, 3.63) is 6.07 Å². The quantitative estimate of drug-likeness (QED) is 0.837. The Labute approximate surface area is 122 Å². The van der Waals surface area contributed by atoms with Gasteiger partial charge >= 0.3 is 0 Å². The molecule has 20 heavy (non-hydrogen) atoms. The molecule has 0 aliphatic carbocycles. The maximum Gasteiger partial charge on any atom is 0.223 e. The summed E-state index contributed by atoms with van der Waals surface area (Å²) >= 11 is 0. The number of aromatic nitrogens is 2. The van der Waals surface area contributed by atoms with Gasteiger partial charge in [-0.15, -0.1) is 0 Å². The summed E-state index contributed by atoms with van der Waals surface area (Å²) < 4.78 is 0. The first-order valence-corrected chi connectivity index (χ1v) is 7.76. The molecule has 0 spiro atoms. The molecule has 1 fully saturated rings. The Balaban J connectivity index is 2.15. The molecule has 3 N–H and O–H groups in total. The van der Waals surface area contributed by atoms with E-state index in [2.05, 4.69) is 41.0 Å². The molecule has 0 atom stereocenters. The molecule has 0 radical (unpaired) electrons. The first kappa shape index (κ1) is 14.9. The number of nitrogens with two attached hydrogens (primary N) is 1. The van der Waals surface area contributed by atoms with Crippen molar-refractivity contribution in [1.82, 2.24) is 9.97 Å². The minimum absolute atomic E-state index is 0.353. The van der Waals surface area contributed by atoms with Gasteiger partial charge in [0.2, 0.25) is 5.95 Å². The topological polar surface area (TPSA) is 67.1 Å². The number of anilines is 3. The Morgan fingerprint density at radius 1 is 1.30 bits per heavy atom. The monoisotopic (exact) mass is 277 g/mol. The predicted molar refractivity (Wildman–Crippen MR) is 85.1 cm³/mol. The third kappa shape index (κ3) is 3.14. The fourth-order valence-corrected chi connectivity index (χ4v) is 2.92. The molecule has 0 saturated carbocycles. The molecule has 1 aliphatic heterocycles. The van der Waals surface area contributed by atoms with Crippen LogP contribution in [0.1, 0.15) is 46.5 Å². The van der Waals surface area contributed by atoms with Crippen LogP contribution >= 0.6 is 0 Å². The summed E-state index contributed by atoms with van der Waals surface area (Å²) in [6.45, 7) is 9.75. The number of nitrogen functional groups attached to an aromatic ring is 1. The number of hydrogen-bond donors (Lipinski definition) is 2. The molecule has 0 bridgehead atoms. The molecule has 1 aromatic rings. The molecule has 5 nitrogen and oxygen atoms in total. The standard InChI is InChI=1S/C15H27N5/c1-4-8-17-12-10-13(19-14(16)18-12)20-9-7-15(5-2,6-3)11-20/h10H,4-9,11H2,1-3H3,(H3,16,17,18,19). The molecule has 0 unspecified atom stereocenters. The van der Waals surface area contributed by atoms with Gasteiger partial charge in [-0.25, -0.2) is 0 Å². The van der Waals surface area contributed by atoms with E-state index in [1.807, 2.05) is 6.07 Å². The molecule has 0 aromatic carbocycles. The van der Waals surface area contributed by atoms with Crippen molar-refractivity contribution in [2.75, 3.05) is 35.6 Å². The van der Waals surface area contributed by atoms with E-state index in [0.717, 1.165) is 37.7 Å². The van der Waals surface area contributed by atoms with Gasteiger partial charge in [0.1, 0.15) is 11.6 Å². The third-order valence-electron chi connectivity index (χ3n) is 4.55. The van der Waals surface area contributed by atoms with Crippen LogP contribution in [0.3, 0.4) is 0 Å². The second kappa shape index (κ2) is 6.29. The SMILES string of the molecule is CCCNc1cc(N2CCC(CC)(CC)C2)nc(N)n1. The summed E-state index contributed by atoms with van der Waals surface area (Å²) in [5.41, 5.74) is 6.28.